The van der Waals surface area contributed by atoms with Crippen LogP contribution >= 0.6 is 0 Å². The van der Waals surface area contributed by atoms with Gasteiger partial charge in [-0.3, -0.25) is 9.59 Å². The van der Waals surface area contributed by atoms with Crippen molar-refractivity contribution >= 4 is 11.8 Å². The van der Waals surface area contributed by atoms with Crippen LogP contribution in [-0.2, 0) is 16.0 Å². The number of carbonyl (C=O) groups is 2. The third-order valence-corrected chi connectivity index (χ3v) is 4.54. The van der Waals surface area contributed by atoms with Gasteiger partial charge in [0.2, 0.25) is 11.8 Å². The van der Waals surface area contributed by atoms with Gasteiger partial charge in [-0.1, -0.05) is 18.2 Å². The van der Waals surface area contributed by atoms with Crippen molar-refractivity contribution in [2.45, 2.75) is 25.2 Å². The summed E-state index contributed by atoms with van der Waals surface area (Å²) in [4.78, 5) is 25.3. The van der Waals surface area contributed by atoms with Gasteiger partial charge in [-0.25, -0.2) is 13.2 Å². The number of piperidine rings is 1. The Morgan fingerprint density at radius 2 is 2.00 bits per heavy atom. The molecule has 7 heteroatoms. The van der Waals surface area contributed by atoms with E-state index in [1.807, 2.05) is 0 Å². The van der Waals surface area contributed by atoms with Crippen molar-refractivity contribution < 1.29 is 22.8 Å². The Kier molecular flexibility index (Phi) is 3.82. The van der Waals surface area contributed by atoms with E-state index in [-0.39, 0.29) is 24.9 Å². The highest BCUT2D eigenvalue weighted by molar-refractivity contribution is 5.87. The second kappa shape index (κ2) is 5.54. The minimum absolute atomic E-state index is 0.0400. The molecule has 0 saturated carbocycles. The SMILES string of the molecule is O=C(Cc1ccccc1F)N1CC(F)(F)C[C@@]2(CCNC2=O)C1. The first-order chi connectivity index (χ1) is 10.8. The molecule has 3 rings (SSSR count). The summed E-state index contributed by atoms with van der Waals surface area (Å²) in [6.07, 6.45) is -0.555. The summed E-state index contributed by atoms with van der Waals surface area (Å²) in [5.41, 5.74) is -1.07. The van der Waals surface area contributed by atoms with E-state index in [0.717, 1.165) is 4.90 Å². The normalized spacial score (nSPS) is 26.4. The predicted molar refractivity (Wildman–Crippen MR) is 76.3 cm³/mol. The third-order valence-electron chi connectivity index (χ3n) is 4.54. The first-order valence-corrected chi connectivity index (χ1v) is 7.49. The molecule has 1 spiro atoms. The van der Waals surface area contributed by atoms with Gasteiger partial charge in [-0.2, -0.15) is 0 Å². The molecule has 4 nitrogen and oxygen atoms in total. The van der Waals surface area contributed by atoms with Crippen molar-refractivity contribution in [3.8, 4) is 0 Å². The van der Waals surface area contributed by atoms with Crippen LogP contribution in [0.4, 0.5) is 13.2 Å². The monoisotopic (exact) mass is 326 g/mol. The molecule has 2 fully saturated rings. The van der Waals surface area contributed by atoms with Gasteiger partial charge in [0.05, 0.1) is 18.4 Å². The van der Waals surface area contributed by atoms with Crippen molar-refractivity contribution in [1.29, 1.82) is 0 Å². The Bertz CT molecular complexity index is 650. The van der Waals surface area contributed by atoms with E-state index in [9.17, 15) is 22.8 Å². The molecule has 0 aromatic heterocycles. The largest absolute Gasteiger partial charge is 0.356 e. The highest BCUT2D eigenvalue weighted by atomic mass is 19.3. The first kappa shape index (κ1) is 15.8. The van der Waals surface area contributed by atoms with E-state index in [1.54, 1.807) is 6.07 Å². The van der Waals surface area contributed by atoms with Crippen LogP contribution in [0, 0.1) is 11.2 Å². The number of carbonyl (C=O) groups excluding carboxylic acids is 2. The fourth-order valence-corrected chi connectivity index (χ4v) is 3.44. The molecule has 124 valence electrons. The maximum absolute atomic E-state index is 14.1. The number of nitrogens with one attached hydrogen (secondary N) is 1. The molecule has 0 radical (unpaired) electrons. The fraction of sp³-hybridized carbons (Fsp3) is 0.500. The lowest BCUT2D eigenvalue weighted by Gasteiger charge is -2.42. The number of hydrogen-bond acceptors (Lipinski definition) is 2. The van der Waals surface area contributed by atoms with Crippen molar-refractivity contribution in [2.75, 3.05) is 19.6 Å². The number of nitrogens with zero attached hydrogens (tertiary/aromatic N) is 1. The summed E-state index contributed by atoms with van der Waals surface area (Å²) in [7, 11) is 0. The smallest absolute Gasteiger partial charge is 0.266 e. The standard InChI is InChI=1S/C16H17F3N2O2/c17-12-4-2-1-3-11(12)7-13(22)21-9-15(5-6-20-14(15)23)8-16(18,19)10-21/h1-4H,5-10H2,(H,20,23)/t15-/m0/s1. The van der Waals surface area contributed by atoms with Crippen LogP contribution < -0.4 is 5.32 Å². The zero-order valence-electron chi connectivity index (χ0n) is 12.4. The number of likely N-dealkylation sites (tertiary alicyclic amines) is 1. The Balaban J connectivity index is 1.80. The maximum atomic E-state index is 14.1. The van der Waals surface area contributed by atoms with Crippen LogP contribution in [0.25, 0.3) is 0 Å². The highest BCUT2D eigenvalue weighted by Crippen LogP contribution is 2.43. The highest BCUT2D eigenvalue weighted by Gasteiger charge is 2.55. The van der Waals surface area contributed by atoms with Gasteiger partial charge >= 0.3 is 0 Å². The molecule has 2 aliphatic rings. The summed E-state index contributed by atoms with van der Waals surface area (Å²) in [5.74, 6) is -4.68. The lowest BCUT2D eigenvalue weighted by molar-refractivity contribution is -0.159. The van der Waals surface area contributed by atoms with Gasteiger partial charge in [-0.15, -0.1) is 0 Å². The first-order valence-electron chi connectivity index (χ1n) is 7.49. The molecular formula is C16H17F3N2O2. The van der Waals surface area contributed by atoms with Gasteiger partial charge in [0.15, 0.2) is 0 Å². The van der Waals surface area contributed by atoms with Crippen molar-refractivity contribution in [1.82, 2.24) is 10.2 Å². The molecule has 0 aliphatic carbocycles. The van der Waals surface area contributed by atoms with E-state index in [2.05, 4.69) is 5.32 Å². The average molecular weight is 326 g/mol. The van der Waals surface area contributed by atoms with Crippen molar-refractivity contribution in [3.05, 3.63) is 35.6 Å². The molecule has 2 saturated heterocycles. The molecule has 2 heterocycles. The van der Waals surface area contributed by atoms with Gasteiger partial charge in [-0.05, 0) is 18.1 Å². The molecule has 1 aromatic carbocycles. The van der Waals surface area contributed by atoms with E-state index in [4.69, 9.17) is 0 Å². The topological polar surface area (TPSA) is 49.4 Å². The van der Waals surface area contributed by atoms with Gasteiger partial charge in [0, 0.05) is 19.5 Å². The van der Waals surface area contributed by atoms with Gasteiger partial charge < -0.3 is 10.2 Å². The molecule has 1 aromatic rings. The summed E-state index contributed by atoms with van der Waals surface area (Å²) >= 11 is 0. The Morgan fingerprint density at radius 1 is 1.26 bits per heavy atom. The van der Waals surface area contributed by atoms with Crippen molar-refractivity contribution in [3.63, 3.8) is 0 Å². The number of amides is 2. The average Bonchev–Trinajstić information content (AvgIpc) is 2.79. The van der Waals surface area contributed by atoms with Crippen LogP contribution in [0.2, 0.25) is 0 Å². The predicted octanol–water partition coefficient (Wildman–Crippen LogP) is 1.74. The van der Waals surface area contributed by atoms with Gasteiger partial charge in [0.25, 0.3) is 5.92 Å². The quantitative estimate of drug-likeness (QED) is 0.900. The van der Waals surface area contributed by atoms with E-state index in [1.165, 1.54) is 18.2 Å². The second-order valence-corrected chi connectivity index (χ2v) is 6.34. The van der Waals surface area contributed by atoms with E-state index < -0.39 is 41.9 Å². The van der Waals surface area contributed by atoms with Crippen LogP contribution in [-0.4, -0.2) is 42.3 Å². The minimum atomic E-state index is -3.12. The van der Waals surface area contributed by atoms with Crippen LogP contribution in [0.3, 0.4) is 0 Å². The lowest BCUT2D eigenvalue weighted by Crippen LogP contribution is -2.57. The number of benzene rings is 1. The molecule has 1 atom stereocenters. The maximum Gasteiger partial charge on any atom is 0.266 e. The fourth-order valence-electron chi connectivity index (χ4n) is 3.44. The van der Waals surface area contributed by atoms with Crippen LogP contribution in [0.5, 0.6) is 0 Å². The molecule has 23 heavy (non-hydrogen) atoms. The van der Waals surface area contributed by atoms with E-state index >= 15 is 0 Å². The lowest BCUT2D eigenvalue weighted by atomic mass is 9.77. The third kappa shape index (κ3) is 3.04. The summed E-state index contributed by atoms with van der Waals surface area (Å²) in [6.45, 7) is -0.429. The van der Waals surface area contributed by atoms with Crippen LogP contribution in [0.1, 0.15) is 18.4 Å². The Morgan fingerprint density at radius 3 is 2.65 bits per heavy atom. The summed E-state index contributed by atoms with van der Waals surface area (Å²) in [5, 5.41) is 2.57. The second-order valence-electron chi connectivity index (χ2n) is 6.34. The minimum Gasteiger partial charge on any atom is -0.356 e. The molecule has 2 aliphatic heterocycles. The van der Waals surface area contributed by atoms with Crippen molar-refractivity contribution in [2.24, 2.45) is 5.41 Å². The zero-order valence-corrected chi connectivity index (χ0v) is 12.4. The molecule has 0 bridgehead atoms. The number of hydrogen-bond donors (Lipinski definition) is 1. The van der Waals surface area contributed by atoms with Crippen LogP contribution in [0.15, 0.2) is 24.3 Å². The molecule has 2 amide bonds. The number of alkyl halides is 2. The molecule has 0 unspecified atom stereocenters. The number of rotatable bonds is 2. The Hall–Kier alpha value is -2.05. The summed E-state index contributed by atoms with van der Waals surface area (Å²) < 4.78 is 41.8. The van der Waals surface area contributed by atoms with E-state index in [0.29, 0.717) is 6.54 Å². The Labute approximate surface area is 131 Å². The summed E-state index contributed by atoms with van der Waals surface area (Å²) in [6, 6.07) is 5.76. The number of halogens is 3. The molecular weight excluding hydrogens is 309 g/mol. The molecule has 1 N–H and O–H groups in total. The van der Waals surface area contributed by atoms with Gasteiger partial charge in [0.1, 0.15) is 5.82 Å². The zero-order chi connectivity index (χ0) is 16.7.